The second-order valence-electron chi connectivity index (χ2n) is 5.52. The zero-order valence-electron chi connectivity index (χ0n) is 13.6. The minimum Gasteiger partial charge on any atom is -0.355 e. The molecule has 124 valence electrons. The Balaban J connectivity index is 1.45. The zero-order chi connectivity index (χ0) is 16.8. The van der Waals surface area contributed by atoms with Gasteiger partial charge in [0, 0.05) is 24.9 Å². The summed E-state index contributed by atoms with van der Waals surface area (Å²) in [5, 5.41) is 11.2. The molecular formula is C18H20N4OS. The van der Waals surface area contributed by atoms with Crippen LogP contribution in [0.5, 0.6) is 0 Å². The topological polar surface area (TPSA) is 59.3 Å². The summed E-state index contributed by atoms with van der Waals surface area (Å²) in [5.74, 6) is 1.75. The molecule has 5 nitrogen and oxygen atoms in total. The minimum absolute atomic E-state index is 0.0600. The summed E-state index contributed by atoms with van der Waals surface area (Å²) in [6.45, 7) is 2.50. The third kappa shape index (κ3) is 4.14. The Hall–Kier alpha value is -2.34. The molecule has 1 N–H and O–H groups in total. The maximum absolute atomic E-state index is 12.2. The number of carbonyl (C=O) groups is 1. The third-order valence-corrected chi connectivity index (χ3v) is 4.96. The van der Waals surface area contributed by atoms with Crippen molar-refractivity contribution in [3.8, 4) is 0 Å². The van der Waals surface area contributed by atoms with Gasteiger partial charge < -0.3 is 5.32 Å². The van der Waals surface area contributed by atoms with Crippen LogP contribution in [-0.2, 0) is 17.0 Å². The van der Waals surface area contributed by atoms with Crippen molar-refractivity contribution < 1.29 is 4.79 Å². The number of hydrogen-bond donors (Lipinski definition) is 1. The third-order valence-electron chi connectivity index (χ3n) is 3.74. The fraction of sp³-hybridized carbons (Fsp3) is 0.278. The number of thioether (sulfide) groups is 1. The van der Waals surface area contributed by atoms with Gasteiger partial charge in [0.2, 0.25) is 5.91 Å². The molecule has 0 aliphatic carbocycles. The molecule has 24 heavy (non-hydrogen) atoms. The van der Waals surface area contributed by atoms with E-state index in [4.69, 9.17) is 0 Å². The Labute approximate surface area is 145 Å². The molecular weight excluding hydrogens is 320 g/mol. The largest absolute Gasteiger partial charge is 0.355 e. The average molecular weight is 340 g/mol. The van der Waals surface area contributed by atoms with Crippen molar-refractivity contribution in [1.29, 1.82) is 0 Å². The van der Waals surface area contributed by atoms with E-state index in [9.17, 15) is 4.79 Å². The lowest BCUT2D eigenvalue weighted by atomic mass is 10.2. The summed E-state index contributed by atoms with van der Waals surface area (Å²) in [4.78, 5) is 12.2. The maximum Gasteiger partial charge on any atom is 0.232 e. The molecule has 0 unspecified atom stereocenters. The molecule has 1 aromatic carbocycles. The van der Waals surface area contributed by atoms with Crippen LogP contribution in [-0.4, -0.2) is 32.3 Å². The molecule has 0 saturated heterocycles. The number of amides is 1. The van der Waals surface area contributed by atoms with Crippen LogP contribution in [0.3, 0.4) is 0 Å². The van der Waals surface area contributed by atoms with Crippen LogP contribution in [0.25, 0.3) is 5.65 Å². The number of hydrogen-bond acceptors (Lipinski definition) is 4. The average Bonchev–Trinajstić information content (AvgIpc) is 3.04. The van der Waals surface area contributed by atoms with E-state index < -0.39 is 0 Å². The quantitative estimate of drug-likeness (QED) is 0.718. The van der Waals surface area contributed by atoms with Gasteiger partial charge in [0.05, 0.1) is 5.25 Å². The molecule has 2 heterocycles. The van der Waals surface area contributed by atoms with Gasteiger partial charge in [0.1, 0.15) is 5.82 Å². The van der Waals surface area contributed by atoms with Gasteiger partial charge in [-0.25, -0.2) is 0 Å². The molecule has 6 heteroatoms. The van der Waals surface area contributed by atoms with Gasteiger partial charge in [-0.2, -0.15) is 0 Å². The summed E-state index contributed by atoms with van der Waals surface area (Å²) in [5.41, 5.74) is 2.06. The summed E-state index contributed by atoms with van der Waals surface area (Å²) in [7, 11) is 0. The van der Waals surface area contributed by atoms with Crippen LogP contribution in [0.1, 0.15) is 18.3 Å². The van der Waals surface area contributed by atoms with E-state index in [0.717, 1.165) is 17.2 Å². The van der Waals surface area contributed by atoms with Crippen LogP contribution in [0.4, 0.5) is 0 Å². The highest BCUT2D eigenvalue weighted by Gasteiger charge is 2.13. The number of aromatic nitrogens is 3. The Morgan fingerprint density at radius 3 is 2.79 bits per heavy atom. The highest BCUT2D eigenvalue weighted by Crippen LogP contribution is 2.17. The molecule has 3 aromatic rings. The number of fused-ring (bicyclic) bond motifs is 1. The number of carbonyl (C=O) groups excluding carboxylic acids is 1. The van der Waals surface area contributed by atoms with Crippen LogP contribution < -0.4 is 5.32 Å². The second-order valence-corrected chi connectivity index (χ2v) is 6.85. The van der Waals surface area contributed by atoms with Crippen LogP contribution in [0, 0.1) is 0 Å². The minimum atomic E-state index is -0.0830. The number of benzene rings is 1. The number of pyridine rings is 1. The van der Waals surface area contributed by atoms with Gasteiger partial charge in [-0.15, -0.1) is 22.0 Å². The van der Waals surface area contributed by atoms with E-state index in [1.165, 1.54) is 5.56 Å². The molecule has 0 spiro atoms. The van der Waals surface area contributed by atoms with Crippen molar-refractivity contribution in [1.82, 2.24) is 19.9 Å². The first kappa shape index (κ1) is 16.5. The fourth-order valence-electron chi connectivity index (χ4n) is 2.37. The molecule has 3 rings (SSSR count). The predicted molar refractivity (Wildman–Crippen MR) is 96.9 cm³/mol. The molecule has 0 radical (unpaired) electrons. The lowest BCUT2D eigenvalue weighted by Gasteiger charge is -2.11. The number of nitrogens with one attached hydrogen (secondary N) is 1. The SMILES string of the molecule is C[C@H](SCc1ccccc1)C(=O)NCCc1nnc2ccccn12. The molecule has 2 aromatic heterocycles. The van der Waals surface area contributed by atoms with E-state index in [1.807, 2.05) is 53.9 Å². The monoisotopic (exact) mass is 340 g/mol. The van der Waals surface area contributed by atoms with Gasteiger partial charge >= 0.3 is 0 Å². The maximum atomic E-state index is 12.2. The molecule has 0 aliphatic heterocycles. The first-order chi connectivity index (χ1) is 11.7. The van der Waals surface area contributed by atoms with E-state index >= 15 is 0 Å². The normalized spacial score (nSPS) is 12.2. The molecule has 0 saturated carbocycles. The van der Waals surface area contributed by atoms with Gasteiger partial charge in [-0.3, -0.25) is 9.20 Å². The van der Waals surface area contributed by atoms with Crippen molar-refractivity contribution in [2.75, 3.05) is 6.54 Å². The highest BCUT2D eigenvalue weighted by molar-refractivity contribution is 7.99. The highest BCUT2D eigenvalue weighted by atomic mass is 32.2. The fourth-order valence-corrected chi connectivity index (χ4v) is 3.24. The Kier molecular flexibility index (Phi) is 5.48. The second kappa shape index (κ2) is 7.97. The van der Waals surface area contributed by atoms with E-state index in [0.29, 0.717) is 13.0 Å². The molecule has 0 fully saturated rings. The Bertz CT molecular complexity index is 803. The van der Waals surface area contributed by atoms with E-state index in [1.54, 1.807) is 11.8 Å². The van der Waals surface area contributed by atoms with Gasteiger partial charge in [-0.1, -0.05) is 36.4 Å². The molecule has 1 atom stereocenters. The van der Waals surface area contributed by atoms with E-state index in [-0.39, 0.29) is 11.2 Å². The zero-order valence-corrected chi connectivity index (χ0v) is 14.4. The lowest BCUT2D eigenvalue weighted by molar-refractivity contribution is -0.120. The van der Waals surface area contributed by atoms with Crippen LogP contribution >= 0.6 is 11.8 Å². The Morgan fingerprint density at radius 1 is 1.17 bits per heavy atom. The summed E-state index contributed by atoms with van der Waals surface area (Å²) in [6, 6.07) is 16.0. The van der Waals surface area contributed by atoms with Crippen molar-refractivity contribution >= 4 is 23.3 Å². The molecule has 0 aliphatic rings. The van der Waals surface area contributed by atoms with Crippen molar-refractivity contribution in [3.63, 3.8) is 0 Å². The summed E-state index contributed by atoms with van der Waals surface area (Å²) in [6.07, 6.45) is 2.60. The first-order valence-corrected chi connectivity index (χ1v) is 9.01. The first-order valence-electron chi connectivity index (χ1n) is 7.96. The Morgan fingerprint density at radius 2 is 1.96 bits per heavy atom. The standard InChI is InChI=1S/C18H20N4OS/c1-14(24-13-15-7-3-2-4-8-15)18(23)19-11-10-17-21-20-16-9-5-6-12-22(16)17/h2-9,12,14H,10-11,13H2,1H3,(H,19,23)/t14-/m0/s1. The van der Waals surface area contributed by atoms with Crippen LogP contribution in [0.15, 0.2) is 54.7 Å². The van der Waals surface area contributed by atoms with Crippen molar-refractivity contribution in [2.24, 2.45) is 0 Å². The van der Waals surface area contributed by atoms with Gasteiger partial charge in [0.25, 0.3) is 0 Å². The summed E-state index contributed by atoms with van der Waals surface area (Å²) < 4.78 is 1.94. The van der Waals surface area contributed by atoms with Crippen molar-refractivity contribution in [2.45, 2.75) is 24.3 Å². The van der Waals surface area contributed by atoms with Crippen molar-refractivity contribution in [3.05, 3.63) is 66.1 Å². The van der Waals surface area contributed by atoms with Gasteiger partial charge in [-0.05, 0) is 24.6 Å². The van der Waals surface area contributed by atoms with Gasteiger partial charge in [0.15, 0.2) is 5.65 Å². The molecule has 1 amide bonds. The van der Waals surface area contributed by atoms with E-state index in [2.05, 4.69) is 27.6 Å². The predicted octanol–water partition coefficient (Wildman–Crippen LogP) is 2.71. The molecule has 0 bridgehead atoms. The number of rotatable bonds is 7. The van der Waals surface area contributed by atoms with Crippen LogP contribution in [0.2, 0.25) is 0 Å². The summed E-state index contributed by atoms with van der Waals surface area (Å²) >= 11 is 1.64. The smallest absolute Gasteiger partial charge is 0.232 e. The lowest BCUT2D eigenvalue weighted by Crippen LogP contribution is -2.32. The number of nitrogens with zero attached hydrogens (tertiary/aromatic N) is 3.